The van der Waals surface area contributed by atoms with Gasteiger partial charge in [-0.3, -0.25) is 9.59 Å². The van der Waals surface area contributed by atoms with Gasteiger partial charge in [-0.15, -0.1) is 0 Å². The van der Waals surface area contributed by atoms with Gasteiger partial charge in [0.25, 0.3) is 0 Å². The molecule has 18 heavy (non-hydrogen) atoms. The van der Waals surface area contributed by atoms with Crippen LogP contribution in [0.3, 0.4) is 0 Å². The second kappa shape index (κ2) is 3.72. The van der Waals surface area contributed by atoms with Crippen LogP contribution in [-0.2, 0) is 14.3 Å². The first-order valence-corrected chi connectivity index (χ1v) is 6.85. The lowest BCUT2D eigenvalue weighted by atomic mass is 9.86. The number of ether oxygens (including phenoxy) is 1. The highest BCUT2D eigenvalue weighted by atomic mass is 16.5. The zero-order valence-corrected chi connectivity index (χ0v) is 10.9. The summed E-state index contributed by atoms with van der Waals surface area (Å²) in [6.07, 6.45) is 3.30. The third kappa shape index (κ3) is 1.65. The minimum Gasteiger partial charge on any atom is -0.481 e. The van der Waals surface area contributed by atoms with Crippen LogP contribution in [0.2, 0.25) is 0 Å². The minimum absolute atomic E-state index is 0.0501. The molecule has 4 heteroatoms. The Morgan fingerprint density at radius 2 is 1.94 bits per heavy atom. The van der Waals surface area contributed by atoms with E-state index in [4.69, 9.17) is 9.84 Å². The van der Waals surface area contributed by atoms with E-state index in [-0.39, 0.29) is 29.3 Å². The molecule has 3 aliphatic rings. The maximum absolute atomic E-state index is 12.1. The number of hydrogen-bond acceptors (Lipinski definition) is 3. The number of esters is 1. The summed E-state index contributed by atoms with van der Waals surface area (Å²) in [5.41, 5.74) is -0.305. The van der Waals surface area contributed by atoms with Gasteiger partial charge in [0, 0.05) is 5.92 Å². The third-order valence-electron chi connectivity index (χ3n) is 5.45. The smallest absolute Gasteiger partial charge is 0.312 e. The molecule has 0 spiro atoms. The molecule has 6 atom stereocenters. The van der Waals surface area contributed by atoms with Gasteiger partial charge in [0.15, 0.2) is 0 Å². The quantitative estimate of drug-likeness (QED) is 0.781. The van der Waals surface area contributed by atoms with Crippen LogP contribution in [0.15, 0.2) is 0 Å². The zero-order chi connectivity index (χ0) is 13.1. The van der Waals surface area contributed by atoms with Gasteiger partial charge in [0.05, 0.1) is 11.3 Å². The van der Waals surface area contributed by atoms with Crippen molar-refractivity contribution in [2.24, 2.45) is 29.1 Å². The first kappa shape index (κ1) is 12.0. The standard InChI is InChI=1S/C14H20O4/c1-7-6-14(7,2)13(17)18-11-5-8-3-9(11)10(4-8)12(15)16/h7-11H,3-6H2,1-2H3,(H,15,16). The Bertz CT molecular complexity index is 405. The Kier molecular flexibility index (Phi) is 2.48. The fraction of sp³-hybridized carbons (Fsp3) is 0.857. The monoisotopic (exact) mass is 252 g/mol. The van der Waals surface area contributed by atoms with E-state index in [9.17, 15) is 9.59 Å². The summed E-state index contributed by atoms with van der Waals surface area (Å²) in [6.45, 7) is 4.00. The maximum atomic E-state index is 12.1. The van der Waals surface area contributed by atoms with Gasteiger partial charge < -0.3 is 9.84 Å². The lowest BCUT2D eigenvalue weighted by molar-refractivity contribution is -0.162. The molecule has 100 valence electrons. The molecule has 0 aromatic rings. The number of fused-ring (bicyclic) bond motifs is 2. The summed E-state index contributed by atoms with van der Waals surface area (Å²) in [4.78, 5) is 23.2. The lowest BCUT2D eigenvalue weighted by Gasteiger charge is -2.27. The van der Waals surface area contributed by atoms with Crippen molar-refractivity contribution in [2.45, 2.75) is 45.6 Å². The van der Waals surface area contributed by atoms with Crippen LogP contribution in [0.4, 0.5) is 0 Å². The van der Waals surface area contributed by atoms with Gasteiger partial charge in [0.1, 0.15) is 6.10 Å². The van der Waals surface area contributed by atoms with Gasteiger partial charge in [-0.1, -0.05) is 6.92 Å². The summed E-state index contributed by atoms with van der Waals surface area (Å²) in [6, 6.07) is 0. The van der Waals surface area contributed by atoms with Crippen LogP contribution >= 0.6 is 0 Å². The van der Waals surface area contributed by atoms with E-state index in [1.165, 1.54) is 0 Å². The van der Waals surface area contributed by atoms with E-state index in [1.807, 2.05) is 6.92 Å². The average molecular weight is 252 g/mol. The van der Waals surface area contributed by atoms with Gasteiger partial charge in [-0.05, 0) is 44.4 Å². The fourth-order valence-electron chi connectivity index (χ4n) is 3.84. The van der Waals surface area contributed by atoms with E-state index < -0.39 is 5.97 Å². The molecular weight excluding hydrogens is 232 g/mol. The highest BCUT2D eigenvalue weighted by Gasteiger charge is 2.57. The van der Waals surface area contributed by atoms with Crippen LogP contribution in [0.1, 0.15) is 39.5 Å². The number of aliphatic carboxylic acids is 1. The van der Waals surface area contributed by atoms with Crippen molar-refractivity contribution in [1.82, 2.24) is 0 Å². The Morgan fingerprint density at radius 3 is 2.44 bits per heavy atom. The summed E-state index contributed by atoms with van der Waals surface area (Å²) >= 11 is 0. The molecule has 1 N–H and O–H groups in total. The molecule has 6 unspecified atom stereocenters. The number of carbonyl (C=O) groups excluding carboxylic acids is 1. The first-order valence-electron chi connectivity index (χ1n) is 6.85. The van der Waals surface area contributed by atoms with Gasteiger partial charge in [-0.25, -0.2) is 0 Å². The molecule has 0 saturated heterocycles. The summed E-state index contributed by atoms with van der Waals surface area (Å²) < 4.78 is 5.62. The highest BCUT2D eigenvalue weighted by molar-refractivity contribution is 5.80. The Labute approximate surface area is 107 Å². The van der Waals surface area contributed by atoms with Crippen LogP contribution in [0, 0.1) is 29.1 Å². The molecule has 0 aromatic heterocycles. The predicted octanol–water partition coefficient (Wildman–Crippen LogP) is 2.08. The average Bonchev–Trinajstić information content (AvgIpc) is 2.69. The summed E-state index contributed by atoms with van der Waals surface area (Å²) in [5, 5.41) is 9.16. The number of carbonyl (C=O) groups is 2. The van der Waals surface area contributed by atoms with Crippen molar-refractivity contribution in [3.05, 3.63) is 0 Å². The second-order valence-electron chi connectivity index (χ2n) is 6.65. The van der Waals surface area contributed by atoms with E-state index in [2.05, 4.69) is 6.92 Å². The Morgan fingerprint density at radius 1 is 1.28 bits per heavy atom. The lowest BCUT2D eigenvalue weighted by Crippen LogP contribution is -2.35. The van der Waals surface area contributed by atoms with E-state index in [0.29, 0.717) is 11.8 Å². The molecule has 2 bridgehead atoms. The van der Waals surface area contributed by atoms with Crippen LogP contribution in [0.25, 0.3) is 0 Å². The molecule has 0 aromatic carbocycles. The van der Waals surface area contributed by atoms with E-state index in [0.717, 1.165) is 25.7 Å². The fourth-order valence-corrected chi connectivity index (χ4v) is 3.84. The van der Waals surface area contributed by atoms with Crippen molar-refractivity contribution in [3.8, 4) is 0 Å². The number of carboxylic acids is 1. The number of rotatable bonds is 3. The van der Waals surface area contributed by atoms with Crippen molar-refractivity contribution >= 4 is 11.9 Å². The molecule has 3 saturated carbocycles. The van der Waals surface area contributed by atoms with Crippen molar-refractivity contribution < 1.29 is 19.4 Å². The van der Waals surface area contributed by atoms with Gasteiger partial charge in [-0.2, -0.15) is 0 Å². The third-order valence-corrected chi connectivity index (χ3v) is 5.45. The Hall–Kier alpha value is -1.06. The normalized spacial score (nSPS) is 49.1. The van der Waals surface area contributed by atoms with Crippen LogP contribution in [-0.4, -0.2) is 23.1 Å². The topological polar surface area (TPSA) is 63.6 Å². The molecule has 0 amide bonds. The number of carboxylic acid groups (broad SMARTS) is 1. The molecule has 3 rings (SSSR count). The summed E-state index contributed by atoms with van der Waals surface area (Å²) in [5.74, 6) is -0.247. The second-order valence-corrected chi connectivity index (χ2v) is 6.65. The largest absolute Gasteiger partial charge is 0.481 e. The van der Waals surface area contributed by atoms with Gasteiger partial charge >= 0.3 is 11.9 Å². The van der Waals surface area contributed by atoms with Gasteiger partial charge in [0.2, 0.25) is 0 Å². The van der Waals surface area contributed by atoms with Crippen LogP contribution in [0.5, 0.6) is 0 Å². The molecule has 0 aliphatic heterocycles. The van der Waals surface area contributed by atoms with Crippen molar-refractivity contribution in [3.63, 3.8) is 0 Å². The minimum atomic E-state index is -0.728. The first-order chi connectivity index (χ1) is 8.41. The molecule has 0 radical (unpaired) electrons. The van der Waals surface area contributed by atoms with E-state index in [1.54, 1.807) is 0 Å². The SMILES string of the molecule is CC1CC1(C)C(=O)OC1CC2CC(C(=O)O)C1C2. The Balaban J connectivity index is 1.65. The van der Waals surface area contributed by atoms with Crippen LogP contribution < -0.4 is 0 Å². The van der Waals surface area contributed by atoms with E-state index >= 15 is 0 Å². The summed E-state index contributed by atoms with van der Waals surface area (Å²) in [7, 11) is 0. The predicted molar refractivity (Wildman–Crippen MR) is 63.7 cm³/mol. The zero-order valence-electron chi connectivity index (χ0n) is 10.9. The molecule has 3 fully saturated rings. The number of hydrogen-bond donors (Lipinski definition) is 1. The maximum Gasteiger partial charge on any atom is 0.312 e. The van der Waals surface area contributed by atoms with Crippen molar-refractivity contribution in [1.29, 1.82) is 0 Å². The molecule has 3 aliphatic carbocycles. The molecule has 0 heterocycles. The highest BCUT2D eigenvalue weighted by Crippen LogP contribution is 2.55. The van der Waals surface area contributed by atoms with Crippen molar-refractivity contribution in [2.75, 3.05) is 0 Å². The molecular formula is C14H20O4. The molecule has 4 nitrogen and oxygen atoms in total.